The SMILES string of the molecule is CCCCCC/C=C\C/C=C\CCCCCCCCCC(=O)OCC(COC(=O)CCCCCCCCCCCC)OC(=O)CCCCCCC/C=C\C/C=C\CCCCCC. The molecule has 0 aliphatic heterocycles. The van der Waals surface area contributed by atoms with Crippen LogP contribution < -0.4 is 0 Å². The van der Waals surface area contributed by atoms with Crippen LogP contribution in [-0.2, 0) is 28.6 Å². The summed E-state index contributed by atoms with van der Waals surface area (Å²) in [7, 11) is 0. The highest BCUT2D eigenvalue weighted by atomic mass is 16.6. The van der Waals surface area contributed by atoms with Gasteiger partial charge in [0.1, 0.15) is 13.2 Å². The van der Waals surface area contributed by atoms with E-state index >= 15 is 0 Å². The van der Waals surface area contributed by atoms with Crippen LogP contribution in [0.3, 0.4) is 0 Å². The zero-order valence-corrected chi connectivity index (χ0v) is 41.1. The Labute approximate surface area is 384 Å². The molecule has 0 aliphatic rings. The van der Waals surface area contributed by atoms with Crippen LogP contribution in [0.5, 0.6) is 0 Å². The van der Waals surface area contributed by atoms with Crippen LogP contribution in [-0.4, -0.2) is 37.2 Å². The molecule has 0 aromatic rings. The van der Waals surface area contributed by atoms with Crippen LogP contribution >= 0.6 is 0 Å². The normalized spacial score (nSPS) is 12.4. The van der Waals surface area contributed by atoms with Crippen molar-refractivity contribution in [1.82, 2.24) is 0 Å². The fourth-order valence-electron chi connectivity index (χ4n) is 7.50. The van der Waals surface area contributed by atoms with Crippen molar-refractivity contribution in [3.05, 3.63) is 48.6 Å². The van der Waals surface area contributed by atoms with E-state index in [9.17, 15) is 14.4 Å². The molecule has 0 amide bonds. The lowest BCUT2D eigenvalue weighted by atomic mass is 10.1. The Hall–Kier alpha value is -2.63. The molecule has 0 N–H and O–H groups in total. The van der Waals surface area contributed by atoms with Crippen molar-refractivity contribution in [3.63, 3.8) is 0 Å². The van der Waals surface area contributed by atoms with E-state index in [4.69, 9.17) is 14.2 Å². The van der Waals surface area contributed by atoms with Gasteiger partial charge in [0.05, 0.1) is 0 Å². The van der Waals surface area contributed by atoms with Crippen molar-refractivity contribution in [2.45, 2.75) is 277 Å². The van der Waals surface area contributed by atoms with E-state index in [1.165, 1.54) is 135 Å². The summed E-state index contributed by atoms with van der Waals surface area (Å²) in [5.74, 6) is -0.895. The first-order valence-electron chi connectivity index (χ1n) is 26.6. The van der Waals surface area contributed by atoms with Gasteiger partial charge in [-0.05, 0) is 83.5 Å². The van der Waals surface area contributed by atoms with Gasteiger partial charge < -0.3 is 14.2 Å². The van der Waals surface area contributed by atoms with Crippen LogP contribution in [0.1, 0.15) is 271 Å². The van der Waals surface area contributed by atoms with Crippen LogP contribution in [0.25, 0.3) is 0 Å². The molecule has 6 nitrogen and oxygen atoms in total. The van der Waals surface area contributed by atoms with Crippen LogP contribution in [0.2, 0.25) is 0 Å². The summed E-state index contributed by atoms with van der Waals surface area (Å²) in [6.45, 7) is 6.59. The van der Waals surface area contributed by atoms with Gasteiger partial charge in [-0.1, -0.05) is 217 Å². The molecule has 0 rings (SSSR count). The molecule has 0 saturated carbocycles. The first kappa shape index (κ1) is 59.4. The van der Waals surface area contributed by atoms with Crippen molar-refractivity contribution < 1.29 is 28.6 Å². The summed E-state index contributed by atoms with van der Waals surface area (Å²) < 4.78 is 16.8. The van der Waals surface area contributed by atoms with Crippen molar-refractivity contribution in [2.75, 3.05) is 13.2 Å². The van der Waals surface area contributed by atoms with Gasteiger partial charge in [-0.2, -0.15) is 0 Å². The minimum atomic E-state index is -0.780. The maximum Gasteiger partial charge on any atom is 0.306 e. The molecule has 0 heterocycles. The number of carbonyl (C=O) groups excluding carboxylic acids is 3. The first-order chi connectivity index (χ1) is 30.5. The zero-order chi connectivity index (χ0) is 45.1. The molecule has 0 aromatic carbocycles. The molecule has 0 aromatic heterocycles. The topological polar surface area (TPSA) is 78.9 Å². The fraction of sp³-hybridized carbons (Fsp3) is 0.804. The Morgan fingerprint density at radius 3 is 0.903 bits per heavy atom. The molecule has 62 heavy (non-hydrogen) atoms. The molecule has 0 aliphatic carbocycles. The average Bonchev–Trinajstić information content (AvgIpc) is 3.27. The van der Waals surface area contributed by atoms with E-state index in [0.29, 0.717) is 19.3 Å². The largest absolute Gasteiger partial charge is 0.462 e. The summed E-state index contributed by atoms with van der Waals surface area (Å²) in [6, 6.07) is 0. The number of allylic oxidation sites excluding steroid dienone is 8. The molecule has 360 valence electrons. The lowest BCUT2D eigenvalue weighted by Crippen LogP contribution is -2.30. The summed E-state index contributed by atoms with van der Waals surface area (Å²) in [4.78, 5) is 38.0. The van der Waals surface area contributed by atoms with Gasteiger partial charge in [-0.3, -0.25) is 14.4 Å². The van der Waals surface area contributed by atoms with E-state index in [1.54, 1.807) is 0 Å². The lowest BCUT2D eigenvalue weighted by molar-refractivity contribution is -0.167. The Balaban J connectivity index is 4.36. The summed E-state index contributed by atoms with van der Waals surface area (Å²) in [5, 5.41) is 0. The molecule has 0 saturated heterocycles. The van der Waals surface area contributed by atoms with Gasteiger partial charge >= 0.3 is 17.9 Å². The summed E-state index contributed by atoms with van der Waals surface area (Å²) in [5.41, 5.74) is 0. The highest BCUT2D eigenvalue weighted by Crippen LogP contribution is 2.15. The monoisotopic (exact) mass is 869 g/mol. The number of carbonyl (C=O) groups is 3. The lowest BCUT2D eigenvalue weighted by Gasteiger charge is -2.18. The van der Waals surface area contributed by atoms with Gasteiger partial charge in [0, 0.05) is 19.3 Å². The average molecular weight is 869 g/mol. The molecule has 0 spiro atoms. The number of rotatable bonds is 48. The van der Waals surface area contributed by atoms with Crippen molar-refractivity contribution in [3.8, 4) is 0 Å². The second kappa shape index (κ2) is 51.0. The van der Waals surface area contributed by atoms with E-state index in [0.717, 1.165) is 96.3 Å². The molecular weight excluding hydrogens is 769 g/mol. The zero-order valence-electron chi connectivity index (χ0n) is 41.1. The van der Waals surface area contributed by atoms with Crippen molar-refractivity contribution in [1.29, 1.82) is 0 Å². The first-order valence-corrected chi connectivity index (χ1v) is 26.6. The van der Waals surface area contributed by atoms with Crippen LogP contribution in [0, 0.1) is 0 Å². The standard InChI is InChI=1S/C56H100O6/c1-4-7-10-13-16-19-22-24-26-28-29-31-32-34-37-40-43-46-49-55(58)61-52-53(51-60-54(57)48-45-42-39-36-21-18-15-12-9-6-3)62-56(59)50-47-44-41-38-35-33-30-27-25-23-20-17-14-11-8-5-2/h19-20,22-23,26-28,30,53H,4-18,21,24-25,29,31-52H2,1-3H3/b22-19-,23-20-,28-26-,30-27-. The maximum absolute atomic E-state index is 12.8. The fourth-order valence-corrected chi connectivity index (χ4v) is 7.50. The molecule has 1 atom stereocenters. The van der Waals surface area contributed by atoms with Gasteiger partial charge in [0.25, 0.3) is 0 Å². The van der Waals surface area contributed by atoms with Crippen LogP contribution in [0.15, 0.2) is 48.6 Å². The molecule has 0 bridgehead atoms. The Kier molecular flexibility index (Phi) is 48.8. The van der Waals surface area contributed by atoms with E-state index in [-0.39, 0.29) is 31.1 Å². The predicted octanol–water partition coefficient (Wildman–Crippen LogP) is 17.5. The van der Waals surface area contributed by atoms with Crippen LogP contribution in [0.4, 0.5) is 0 Å². The molecule has 0 fully saturated rings. The van der Waals surface area contributed by atoms with E-state index in [1.807, 2.05) is 0 Å². The predicted molar refractivity (Wildman–Crippen MR) is 265 cm³/mol. The maximum atomic E-state index is 12.8. The minimum absolute atomic E-state index is 0.0795. The summed E-state index contributed by atoms with van der Waals surface area (Å²) >= 11 is 0. The molecule has 6 heteroatoms. The third kappa shape index (κ3) is 48.4. The number of unbranched alkanes of at least 4 members (excludes halogenated alkanes) is 29. The van der Waals surface area contributed by atoms with Crippen molar-refractivity contribution in [2.24, 2.45) is 0 Å². The Bertz CT molecular complexity index is 1090. The minimum Gasteiger partial charge on any atom is -0.462 e. The van der Waals surface area contributed by atoms with Gasteiger partial charge in [-0.15, -0.1) is 0 Å². The smallest absolute Gasteiger partial charge is 0.306 e. The van der Waals surface area contributed by atoms with Gasteiger partial charge in [0.2, 0.25) is 0 Å². The van der Waals surface area contributed by atoms with E-state index in [2.05, 4.69) is 69.4 Å². The number of ether oxygens (including phenoxy) is 3. The number of hydrogen-bond acceptors (Lipinski definition) is 6. The Morgan fingerprint density at radius 1 is 0.323 bits per heavy atom. The van der Waals surface area contributed by atoms with E-state index < -0.39 is 6.10 Å². The van der Waals surface area contributed by atoms with Gasteiger partial charge in [-0.25, -0.2) is 0 Å². The summed E-state index contributed by atoms with van der Waals surface area (Å²) in [6.07, 6.45) is 60.9. The highest BCUT2D eigenvalue weighted by Gasteiger charge is 2.19. The third-order valence-corrected chi connectivity index (χ3v) is 11.6. The quantitative estimate of drug-likeness (QED) is 0.0262. The number of hydrogen-bond donors (Lipinski definition) is 0. The van der Waals surface area contributed by atoms with Crippen molar-refractivity contribution >= 4 is 17.9 Å². The second-order valence-corrected chi connectivity index (χ2v) is 17.8. The Morgan fingerprint density at radius 2 is 0.581 bits per heavy atom. The number of esters is 3. The van der Waals surface area contributed by atoms with Gasteiger partial charge in [0.15, 0.2) is 6.10 Å². The molecule has 1 unspecified atom stereocenters. The molecule has 0 radical (unpaired) electrons. The second-order valence-electron chi connectivity index (χ2n) is 17.8. The highest BCUT2D eigenvalue weighted by molar-refractivity contribution is 5.71. The molecular formula is C56H100O6. The third-order valence-electron chi connectivity index (χ3n) is 11.6.